The van der Waals surface area contributed by atoms with Crippen molar-refractivity contribution in [3.8, 4) is 5.75 Å². The first-order valence-electron chi connectivity index (χ1n) is 6.29. The molecule has 0 heterocycles. The van der Waals surface area contributed by atoms with Gasteiger partial charge in [-0.2, -0.15) is 0 Å². The van der Waals surface area contributed by atoms with Gasteiger partial charge in [0.1, 0.15) is 5.75 Å². The number of hydrogen-bond acceptors (Lipinski definition) is 4. The molecule has 1 aromatic rings. The van der Waals surface area contributed by atoms with Gasteiger partial charge in [-0.25, -0.2) is 0 Å². The number of benzene rings is 1. The van der Waals surface area contributed by atoms with Gasteiger partial charge in [0.15, 0.2) is 0 Å². The van der Waals surface area contributed by atoms with Gasteiger partial charge in [-0.3, -0.25) is 4.79 Å². The second-order valence-corrected chi connectivity index (χ2v) is 4.75. The Labute approximate surface area is 112 Å². The maximum Gasteiger partial charge on any atom is 0.225 e. The van der Waals surface area contributed by atoms with Crippen LogP contribution in [0, 0.1) is 0 Å². The predicted molar refractivity (Wildman–Crippen MR) is 71.9 cm³/mol. The van der Waals surface area contributed by atoms with Crippen LogP contribution in [0.25, 0.3) is 0 Å². The van der Waals surface area contributed by atoms with Gasteiger partial charge < -0.3 is 14.8 Å². The summed E-state index contributed by atoms with van der Waals surface area (Å²) in [7, 11) is 3.46. The van der Waals surface area contributed by atoms with Crippen LogP contribution in [0.2, 0.25) is 0 Å². The van der Waals surface area contributed by atoms with Gasteiger partial charge in [0.25, 0.3) is 0 Å². The number of oxime groups is 1. The molecule has 1 aliphatic carbocycles. The molecule has 1 amide bonds. The summed E-state index contributed by atoms with van der Waals surface area (Å²) in [6, 6.07) is 5.70. The van der Waals surface area contributed by atoms with Crippen molar-refractivity contribution in [2.45, 2.75) is 19.3 Å². The van der Waals surface area contributed by atoms with E-state index in [0.717, 1.165) is 35.4 Å². The monoisotopic (exact) mass is 262 g/mol. The molecule has 2 rings (SSSR count). The van der Waals surface area contributed by atoms with Crippen LogP contribution in [0.1, 0.15) is 24.0 Å². The first-order valence-corrected chi connectivity index (χ1v) is 6.29. The molecule has 19 heavy (non-hydrogen) atoms. The zero-order valence-corrected chi connectivity index (χ0v) is 11.2. The molecule has 0 unspecified atom stereocenters. The lowest BCUT2D eigenvalue weighted by Crippen LogP contribution is -2.23. The van der Waals surface area contributed by atoms with Crippen LogP contribution >= 0.6 is 0 Å². The Hall–Kier alpha value is -2.04. The Morgan fingerprint density at radius 1 is 1.42 bits per heavy atom. The summed E-state index contributed by atoms with van der Waals surface area (Å²) in [5.41, 5.74) is 2.84. The Kier molecular flexibility index (Phi) is 4.04. The molecule has 0 bridgehead atoms. The van der Waals surface area contributed by atoms with Gasteiger partial charge in [0, 0.05) is 19.7 Å². The third-order valence-electron chi connectivity index (χ3n) is 3.22. The highest BCUT2D eigenvalue weighted by atomic mass is 16.5. The van der Waals surface area contributed by atoms with E-state index in [-0.39, 0.29) is 5.91 Å². The van der Waals surface area contributed by atoms with E-state index in [4.69, 9.17) is 9.94 Å². The van der Waals surface area contributed by atoms with E-state index in [1.807, 2.05) is 18.2 Å². The first-order chi connectivity index (χ1) is 9.11. The van der Waals surface area contributed by atoms with E-state index < -0.39 is 0 Å². The molecule has 1 N–H and O–H groups in total. The Balaban J connectivity index is 1.95. The fourth-order valence-corrected chi connectivity index (χ4v) is 2.12. The third-order valence-corrected chi connectivity index (χ3v) is 3.22. The number of ether oxygens (including phenoxy) is 1. The number of aryl methyl sites for hydroxylation is 1. The van der Waals surface area contributed by atoms with Crippen LogP contribution in [-0.2, 0) is 11.2 Å². The van der Waals surface area contributed by atoms with Crippen molar-refractivity contribution in [2.24, 2.45) is 5.16 Å². The number of fused-ring (bicyclic) bond motifs is 1. The number of nitrogens with zero attached hydrogens (tertiary/aromatic N) is 2. The van der Waals surface area contributed by atoms with E-state index in [2.05, 4.69) is 5.16 Å². The summed E-state index contributed by atoms with van der Waals surface area (Å²) in [6.45, 7) is 0.372. The molecule has 5 nitrogen and oxygen atoms in total. The molecule has 0 aromatic heterocycles. The molecule has 0 saturated heterocycles. The average Bonchev–Trinajstić information content (AvgIpc) is 2.80. The molecule has 0 spiro atoms. The summed E-state index contributed by atoms with van der Waals surface area (Å²) in [4.78, 5) is 13.0. The highest BCUT2D eigenvalue weighted by Crippen LogP contribution is 2.26. The van der Waals surface area contributed by atoms with E-state index in [1.165, 1.54) is 0 Å². The minimum atomic E-state index is 0.0517. The molecular formula is C14H18N2O3. The lowest BCUT2D eigenvalue weighted by atomic mass is 10.1. The first kappa shape index (κ1) is 13.4. The molecule has 0 radical (unpaired) electrons. The molecule has 0 aliphatic heterocycles. The van der Waals surface area contributed by atoms with Crippen molar-refractivity contribution in [3.05, 3.63) is 29.3 Å². The topological polar surface area (TPSA) is 62.1 Å². The van der Waals surface area contributed by atoms with Crippen molar-refractivity contribution in [2.75, 3.05) is 20.7 Å². The SMILES string of the molecule is CN(C)C(=O)CCOc1ccc2c(c1)CC/C2=N\O. The Morgan fingerprint density at radius 3 is 2.89 bits per heavy atom. The highest BCUT2D eigenvalue weighted by Gasteiger charge is 2.18. The van der Waals surface area contributed by atoms with Gasteiger partial charge in [0.2, 0.25) is 5.91 Å². The van der Waals surface area contributed by atoms with Crippen LogP contribution < -0.4 is 4.74 Å². The maximum atomic E-state index is 11.4. The van der Waals surface area contributed by atoms with Crippen LogP contribution in [0.4, 0.5) is 0 Å². The third kappa shape index (κ3) is 3.05. The molecular weight excluding hydrogens is 244 g/mol. The van der Waals surface area contributed by atoms with Crippen LogP contribution in [0.15, 0.2) is 23.4 Å². The lowest BCUT2D eigenvalue weighted by molar-refractivity contribution is -0.129. The van der Waals surface area contributed by atoms with Crippen molar-refractivity contribution in [1.82, 2.24) is 4.90 Å². The molecule has 1 aromatic carbocycles. The largest absolute Gasteiger partial charge is 0.493 e. The summed E-state index contributed by atoms with van der Waals surface area (Å²) >= 11 is 0. The number of rotatable bonds is 4. The Morgan fingerprint density at radius 2 is 2.21 bits per heavy atom. The van der Waals surface area contributed by atoms with Crippen LogP contribution in [0.3, 0.4) is 0 Å². The smallest absolute Gasteiger partial charge is 0.225 e. The number of carbonyl (C=O) groups excluding carboxylic acids is 1. The number of carbonyl (C=O) groups is 1. The molecule has 1 aliphatic rings. The standard InChI is InChI=1S/C14H18N2O3/c1-16(2)14(17)7-8-19-11-4-5-12-10(9-11)3-6-13(12)15-18/h4-5,9,18H,3,6-8H2,1-2H3/b15-13+. The van der Waals surface area contributed by atoms with Gasteiger partial charge in [-0.15, -0.1) is 0 Å². The summed E-state index contributed by atoms with van der Waals surface area (Å²) in [5.74, 6) is 0.806. The maximum absolute atomic E-state index is 11.4. The molecule has 0 saturated carbocycles. The zero-order valence-electron chi connectivity index (χ0n) is 11.2. The fourth-order valence-electron chi connectivity index (χ4n) is 2.12. The summed E-state index contributed by atoms with van der Waals surface area (Å²) in [5, 5.41) is 12.1. The normalized spacial score (nSPS) is 15.4. The van der Waals surface area contributed by atoms with Crippen molar-refractivity contribution in [1.29, 1.82) is 0 Å². The number of hydrogen-bond donors (Lipinski definition) is 1. The summed E-state index contributed by atoms with van der Waals surface area (Å²) in [6.07, 6.45) is 1.99. The molecule has 5 heteroatoms. The van der Waals surface area contributed by atoms with Crippen LogP contribution in [-0.4, -0.2) is 42.4 Å². The van der Waals surface area contributed by atoms with Crippen molar-refractivity contribution < 1.29 is 14.7 Å². The molecule has 0 atom stereocenters. The summed E-state index contributed by atoms with van der Waals surface area (Å²) < 4.78 is 5.57. The lowest BCUT2D eigenvalue weighted by Gasteiger charge is -2.11. The van der Waals surface area contributed by atoms with E-state index in [1.54, 1.807) is 19.0 Å². The van der Waals surface area contributed by atoms with E-state index in [9.17, 15) is 4.79 Å². The van der Waals surface area contributed by atoms with Gasteiger partial charge in [-0.05, 0) is 36.6 Å². The minimum absolute atomic E-state index is 0.0517. The van der Waals surface area contributed by atoms with Crippen LogP contribution in [0.5, 0.6) is 5.75 Å². The molecule has 102 valence electrons. The quantitative estimate of drug-likeness (QED) is 0.663. The number of amides is 1. The molecule has 0 fully saturated rings. The van der Waals surface area contributed by atoms with Gasteiger partial charge in [-0.1, -0.05) is 5.16 Å². The second-order valence-electron chi connectivity index (χ2n) is 4.75. The van der Waals surface area contributed by atoms with E-state index >= 15 is 0 Å². The fraction of sp³-hybridized carbons (Fsp3) is 0.429. The van der Waals surface area contributed by atoms with Gasteiger partial charge in [0.05, 0.1) is 18.7 Å². The van der Waals surface area contributed by atoms with Crippen molar-refractivity contribution >= 4 is 11.6 Å². The predicted octanol–water partition coefficient (Wildman–Crippen LogP) is 1.67. The Bertz CT molecular complexity index is 509. The van der Waals surface area contributed by atoms with Gasteiger partial charge >= 0.3 is 0 Å². The second kappa shape index (κ2) is 5.73. The minimum Gasteiger partial charge on any atom is -0.493 e. The average molecular weight is 262 g/mol. The zero-order chi connectivity index (χ0) is 13.8. The van der Waals surface area contributed by atoms with E-state index in [0.29, 0.717) is 13.0 Å². The highest BCUT2D eigenvalue weighted by molar-refractivity contribution is 6.04. The van der Waals surface area contributed by atoms with Crippen molar-refractivity contribution in [3.63, 3.8) is 0 Å².